The molecule has 0 unspecified atom stereocenters. The Bertz CT molecular complexity index is 431. The maximum atomic E-state index is 11.3. The molecule has 0 saturated carbocycles. The summed E-state index contributed by atoms with van der Waals surface area (Å²) in [6, 6.07) is 0. The summed E-state index contributed by atoms with van der Waals surface area (Å²) in [6.45, 7) is -0.687. The van der Waals surface area contributed by atoms with Crippen LogP contribution in [0, 0.1) is 0 Å². The fraction of sp³-hybridized carbons (Fsp3) is 0.500. The van der Waals surface area contributed by atoms with Crippen molar-refractivity contribution in [3.8, 4) is 0 Å². The Kier molecular flexibility index (Phi) is 5.59. The minimum atomic E-state index is -0.947. The van der Waals surface area contributed by atoms with Crippen LogP contribution in [0.4, 0.5) is 0 Å². The molecule has 3 amide bonds. The van der Waals surface area contributed by atoms with Crippen molar-refractivity contribution >= 4 is 29.7 Å². The molecule has 0 aliphatic carbocycles. The monoisotopic (exact) mass is 288 g/mol. The molecule has 1 fully saturated rings. The van der Waals surface area contributed by atoms with Crippen LogP contribution in [-0.4, -0.2) is 46.5 Å². The average molecular weight is 288 g/mol. The van der Waals surface area contributed by atoms with Crippen molar-refractivity contribution in [2.24, 2.45) is 0 Å². The van der Waals surface area contributed by atoms with E-state index in [-0.39, 0.29) is 12.8 Å². The Labute approximate surface area is 112 Å². The van der Waals surface area contributed by atoms with E-state index in [2.05, 4.69) is 9.57 Å². The van der Waals surface area contributed by atoms with Crippen molar-refractivity contribution < 1.29 is 38.8 Å². The number of hydrogen-bond acceptors (Lipinski definition) is 8. The van der Waals surface area contributed by atoms with Crippen LogP contribution in [-0.2, 0) is 33.5 Å². The predicted molar refractivity (Wildman–Crippen MR) is 57.3 cm³/mol. The molecule has 1 saturated heterocycles. The quantitative estimate of drug-likeness (QED) is 0.258. The molecule has 1 rings (SSSR count). The van der Waals surface area contributed by atoms with Gasteiger partial charge < -0.3 is 9.57 Å². The Hall–Kier alpha value is -2.49. The molecule has 1 aliphatic heterocycles. The second kappa shape index (κ2) is 7.19. The van der Waals surface area contributed by atoms with Crippen molar-refractivity contribution in [3.63, 3.8) is 0 Å². The maximum absolute atomic E-state index is 11.3. The zero-order valence-electron chi connectivity index (χ0n) is 10.3. The van der Waals surface area contributed by atoms with E-state index >= 15 is 0 Å². The molecule has 20 heavy (non-hydrogen) atoms. The van der Waals surface area contributed by atoms with E-state index in [1.165, 1.54) is 5.48 Å². The van der Waals surface area contributed by atoms with Crippen molar-refractivity contribution in [1.82, 2.24) is 10.5 Å². The summed E-state index contributed by atoms with van der Waals surface area (Å²) in [7, 11) is 0. The summed E-state index contributed by atoms with van der Waals surface area (Å²) in [5, 5.41) is 8.51. The van der Waals surface area contributed by atoms with Gasteiger partial charge in [-0.25, -0.2) is 10.3 Å². The van der Waals surface area contributed by atoms with Crippen LogP contribution >= 0.6 is 0 Å². The minimum Gasteiger partial charge on any atom is -0.455 e. The van der Waals surface area contributed by atoms with E-state index in [9.17, 15) is 24.0 Å². The molecule has 0 bridgehead atoms. The van der Waals surface area contributed by atoms with E-state index in [1.807, 2.05) is 0 Å². The highest BCUT2D eigenvalue weighted by Gasteiger charge is 2.32. The van der Waals surface area contributed by atoms with Gasteiger partial charge in [0, 0.05) is 12.8 Å². The first-order chi connectivity index (χ1) is 9.43. The van der Waals surface area contributed by atoms with Crippen molar-refractivity contribution in [2.75, 3.05) is 6.61 Å². The van der Waals surface area contributed by atoms with Crippen LogP contribution in [0.1, 0.15) is 25.7 Å². The molecule has 1 heterocycles. The van der Waals surface area contributed by atoms with Crippen LogP contribution in [0.3, 0.4) is 0 Å². The summed E-state index contributed by atoms with van der Waals surface area (Å²) in [4.78, 5) is 59.7. The van der Waals surface area contributed by atoms with Crippen molar-refractivity contribution in [3.05, 3.63) is 0 Å². The predicted octanol–water partition coefficient (Wildman–Crippen LogP) is -1.58. The molecule has 0 spiro atoms. The Morgan fingerprint density at radius 2 is 1.65 bits per heavy atom. The smallest absolute Gasteiger partial charge is 0.333 e. The van der Waals surface area contributed by atoms with E-state index in [0.29, 0.717) is 5.06 Å². The average Bonchev–Trinajstić information content (AvgIpc) is 2.74. The van der Waals surface area contributed by atoms with Crippen LogP contribution in [0.15, 0.2) is 0 Å². The lowest BCUT2D eigenvalue weighted by Gasteiger charge is -2.12. The third-order valence-electron chi connectivity index (χ3n) is 2.22. The number of ether oxygens (including phenoxy) is 1. The second-order valence-electron chi connectivity index (χ2n) is 3.74. The number of hydroxylamine groups is 3. The van der Waals surface area contributed by atoms with Crippen LogP contribution in [0.5, 0.6) is 0 Å². The molecule has 1 aliphatic rings. The third kappa shape index (κ3) is 4.65. The lowest BCUT2D eigenvalue weighted by Crippen LogP contribution is -2.32. The lowest BCUT2D eigenvalue weighted by atomic mass is 10.3. The fourth-order valence-electron chi connectivity index (χ4n) is 1.26. The molecule has 0 aromatic heterocycles. The summed E-state index contributed by atoms with van der Waals surface area (Å²) in [5.74, 6) is -3.98. The molecule has 110 valence electrons. The molecule has 10 heteroatoms. The fourth-order valence-corrected chi connectivity index (χ4v) is 1.26. The number of rotatable bonds is 6. The number of amides is 3. The van der Waals surface area contributed by atoms with Crippen LogP contribution in [0.2, 0.25) is 0 Å². The summed E-state index contributed by atoms with van der Waals surface area (Å²) >= 11 is 0. The van der Waals surface area contributed by atoms with Gasteiger partial charge in [0.05, 0.1) is 12.8 Å². The molecular weight excluding hydrogens is 276 g/mol. The highest BCUT2D eigenvalue weighted by atomic mass is 16.7. The van der Waals surface area contributed by atoms with Crippen molar-refractivity contribution in [2.45, 2.75) is 25.7 Å². The van der Waals surface area contributed by atoms with Gasteiger partial charge in [-0.1, -0.05) is 0 Å². The van der Waals surface area contributed by atoms with E-state index in [0.717, 1.165) is 0 Å². The molecule has 0 radical (unpaired) electrons. The summed E-state index contributed by atoms with van der Waals surface area (Å²) < 4.78 is 4.39. The first-order valence-electron chi connectivity index (χ1n) is 5.59. The molecule has 10 nitrogen and oxygen atoms in total. The van der Waals surface area contributed by atoms with Gasteiger partial charge in [0.2, 0.25) is 0 Å². The van der Waals surface area contributed by atoms with Gasteiger partial charge in [-0.05, 0) is 0 Å². The van der Waals surface area contributed by atoms with Crippen molar-refractivity contribution in [1.29, 1.82) is 0 Å². The highest BCUT2D eigenvalue weighted by Crippen LogP contribution is 2.12. The van der Waals surface area contributed by atoms with Gasteiger partial charge >= 0.3 is 11.9 Å². The van der Waals surface area contributed by atoms with Gasteiger partial charge in [-0.3, -0.25) is 24.4 Å². The Morgan fingerprint density at radius 3 is 2.20 bits per heavy atom. The minimum absolute atomic E-state index is 0.0234. The summed E-state index contributed by atoms with van der Waals surface area (Å²) in [5.41, 5.74) is 1.25. The number of imide groups is 1. The molecule has 2 N–H and O–H groups in total. The topological polar surface area (TPSA) is 139 Å². The zero-order valence-corrected chi connectivity index (χ0v) is 10.3. The Morgan fingerprint density at radius 1 is 1.10 bits per heavy atom. The van der Waals surface area contributed by atoms with Gasteiger partial charge in [0.25, 0.3) is 17.7 Å². The van der Waals surface area contributed by atoms with Gasteiger partial charge in [0.15, 0.2) is 6.61 Å². The van der Waals surface area contributed by atoms with Gasteiger partial charge in [-0.2, -0.15) is 0 Å². The SMILES string of the molecule is O=C(COC(=O)CCC(=O)ON1C(=O)CCC1=O)NO. The number of carbonyl (C=O) groups excluding carboxylic acids is 5. The van der Waals surface area contributed by atoms with E-state index in [4.69, 9.17) is 5.21 Å². The van der Waals surface area contributed by atoms with Gasteiger partial charge in [-0.15, -0.1) is 5.06 Å². The number of hydrogen-bond donors (Lipinski definition) is 2. The normalized spacial score (nSPS) is 14.2. The number of carbonyl (C=O) groups is 5. The lowest BCUT2D eigenvalue weighted by molar-refractivity contribution is -0.197. The molecule has 0 aromatic rings. The highest BCUT2D eigenvalue weighted by molar-refractivity contribution is 6.01. The summed E-state index contributed by atoms with van der Waals surface area (Å²) in [6.07, 6.45) is -0.862. The second-order valence-corrected chi connectivity index (χ2v) is 3.74. The number of esters is 1. The van der Waals surface area contributed by atoms with E-state index < -0.39 is 49.1 Å². The van der Waals surface area contributed by atoms with Gasteiger partial charge in [0.1, 0.15) is 0 Å². The van der Waals surface area contributed by atoms with Crippen LogP contribution < -0.4 is 5.48 Å². The molecular formula is C10H12N2O8. The zero-order chi connectivity index (χ0) is 15.1. The first-order valence-corrected chi connectivity index (χ1v) is 5.59. The van der Waals surface area contributed by atoms with E-state index in [1.54, 1.807) is 0 Å². The maximum Gasteiger partial charge on any atom is 0.333 e. The van der Waals surface area contributed by atoms with Crippen LogP contribution in [0.25, 0.3) is 0 Å². The molecule has 0 atom stereocenters. The first kappa shape index (κ1) is 15.6. The standard InChI is InChI=1S/C10H12N2O8/c13-6(11-18)5-19-9(16)3-4-10(17)20-12-7(14)1-2-8(12)15/h18H,1-5H2,(H,11,13). The number of nitrogens with one attached hydrogen (secondary N) is 1. The largest absolute Gasteiger partial charge is 0.455 e. The number of nitrogens with zero attached hydrogens (tertiary/aromatic N) is 1. The molecule has 0 aromatic carbocycles. The third-order valence-corrected chi connectivity index (χ3v) is 2.22. The Balaban J connectivity index is 2.26.